The summed E-state index contributed by atoms with van der Waals surface area (Å²) in [6.45, 7) is 4.14. The normalized spacial score (nSPS) is 21.2. The molecule has 5 nitrogen and oxygen atoms in total. The van der Waals surface area contributed by atoms with Crippen molar-refractivity contribution in [1.82, 2.24) is 14.8 Å². The molecule has 2 saturated heterocycles. The highest BCUT2D eigenvalue weighted by Crippen LogP contribution is 2.30. The summed E-state index contributed by atoms with van der Waals surface area (Å²) in [6.07, 6.45) is 8.42. The molecular formula is C27H33N3O2. The van der Waals surface area contributed by atoms with Crippen LogP contribution in [0.25, 0.3) is 10.9 Å². The van der Waals surface area contributed by atoms with Gasteiger partial charge in [0.05, 0.1) is 5.52 Å². The van der Waals surface area contributed by atoms with Crippen LogP contribution in [0, 0.1) is 5.92 Å². The average Bonchev–Trinajstić information content (AvgIpc) is 3.24. The number of hydrogen-bond acceptors (Lipinski definition) is 3. The second kappa shape index (κ2) is 9.78. The summed E-state index contributed by atoms with van der Waals surface area (Å²) in [5.74, 6) is 1.50. The monoisotopic (exact) mass is 431 g/mol. The fourth-order valence-corrected chi connectivity index (χ4v) is 5.40. The number of carbonyl (C=O) groups is 1. The number of rotatable bonds is 7. The predicted octanol–water partition coefficient (Wildman–Crippen LogP) is 4.60. The predicted molar refractivity (Wildman–Crippen MR) is 128 cm³/mol. The first kappa shape index (κ1) is 21.1. The minimum absolute atomic E-state index is 0.0889. The Morgan fingerprint density at radius 1 is 1.00 bits per heavy atom. The van der Waals surface area contributed by atoms with Gasteiger partial charge in [-0.2, -0.15) is 0 Å². The van der Waals surface area contributed by atoms with Gasteiger partial charge in [-0.15, -0.1) is 0 Å². The molecule has 3 aromatic rings. The zero-order valence-corrected chi connectivity index (χ0v) is 18.7. The number of nitrogens with one attached hydrogen (secondary N) is 1. The van der Waals surface area contributed by atoms with E-state index in [-0.39, 0.29) is 5.91 Å². The number of benzene rings is 2. The number of fused-ring (bicyclic) bond motifs is 2. The number of aromatic nitrogens is 1. The van der Waals surface area contributed by atoms with E-state index in [0.29, 0.717) is 25.1 Å². The summed E-state index contributed by atoms with van der Waals surface area (Å²) in [7, 11) is 0. The molecule has 0 aliphatic carbocycles. The molecule has 3 heterocycles. The second-order valence-electron chi connectivity index (χ2n) is 9.24. The van der Waals surface area contributed by atoms with Crippen LogP contribution in [-0.4, -0.2) is 41.1 Å². The summed E-state index contributed by atoms with van der Waals surface area (Å²) in [5.41, 5.74) is 2.17. The molecule has 5 rings (SSSR count). The lowest BCUT2D eigenvalue weighted by atomic mass is 9.83. The summed E-state index contributed by atoms with van der Waals surface area (Å²) in [4.78, 5) is 15.4. The lowest BCUT2D eigenvalue weighted by Crippen LogP contribution is -2.51. The van der Waals surface area contributed by atoms with Crippen molar-refractivity contribution in [2.45, 2.75) is 51.3 Å². The van der Waals surface area contributed by atoms with Gasteiger partial charge in [0.2, 0.25) is 5.91 Å². The lowest BCUT2D eigenvalue weighted by molar-refractivity contribution is -0.122. The average molecular weight is 432 g/mol. The number of amides is 1. The van der Waals surface area contributed by atoms with Crippen LogP contribution in [0.15, 0.2) is 60.8 Å². The van der Waals surface area contributed by atoms with Gasteiger partial charge in [0.25, 0.3) is 0 Å². The molecule has 2 aliphatic heterocycles. The maximum Gasteiger partial charge on any atom is 0.239 e. The van der Waals surface area contributed by atoms with Crippen LogP contribution in [0.2, 0.25) is 0 Å². The molecule has 32 heavy (non-hydrogen) atoms. The van der Waals surface area contributed by atoms with E-state index in [4.69, 9.17) is 4.74 Å². The third kappa shape index (κ3) is 4.83. The fraction of sp³-hybridized carbons (Fsp3) is 0.444. The molecular weight excluding hydrogens is 398 g/mol. The highest BCUT2D eigenvalue weighted by molar-refractivity contribution is 5.84. The highest BCUT2D eigenvalue weighted by Gasteiger charge is 2.32. The largest absolute Gasteiger partial charge is 0.489 e. The minimum atomic E-state index is 0.0889. The van der Waals surface area contributed by atoms with E-state index in [0.717, 1.165) is 28.8 Å². The van der Waals surface area contributed by atoms with Crippen molar-refractivity contribution in [3.05, 3.63) is 66.4 Å². The maximum atomic E-state index is 12.8. The van der Waals surface area contributed by atoms with Crippen LogP contribution in [0.5, 0.6) is 5.75 Å². The molecule has 1 aromatic heterocycles. The first-order valence-corrected chi connectivity index (χ1v) is 12.0. The number of ether oxygens (including phenoxy) is 1. The van der Waals surface area contributed by atoms with Crippen molar-refractivity contribution in [2.24, 2.45) is 5.92 Å². The molecule has 0 saturated carbocycles. The number of hydrogen-bond donors (Lipinski definition) is 1. The second-order valence-corrected chi connectivity index (χ2v) is 9.24. The van der Waals surface area contributed by atoms with Crippen LogP contribution in [0.4, 0.5) is 0 Å². The lowest BCUT2D eigenvalue weighted by Gasteiger charge is -2.44. The van der Waals surface area contributed by atoms with Crippen LogP contribution in [-0.2, 0) is 17.9 Å². The maximum absolute atomic E-state index is 12.8. The van der Waals surface area contributed by atoms with Crippen LogP contribution >= 0.6 is 0 Å². The van der Waals surface area contributed by atoms with Gasteiger partial charge in [-0.3, -0.25) is 4.79 Å². The Morgan fingerprint density at radius 2 is 1.88 bits per heavy atom. The fourth-order valence-electron chi connectivity index (χ4n) is 5.40. The van der Waals surface area contributed by atoms with Crippen molar-refractivity contribution >= 4 is 16.8 Å². The van der Waals surface area contributed by atoms with Gasteiger partial charge in [-0.1, -0.05) is 36.8 Å². The minimum Gasteiger partial charge on any atom is -0.489 e. The summed E-state index contributed by atoms with van der Waals surface area (Å²) >= 11 is 0. The Bertz CT molecular complexity index is 1040. The van der Waals surface area contributed by atoms with Crippen molar-refractivity contribution in [3.63, 3.8) is 0 Å². The SMILES string of the molecule is O=C(Cn1ccc2ccc(OCc3ccccc3)cc21)NC[C@@H]1CCCN2CCCC[C@H]12. The molecule has 5 heteroatoms. The van der Waals surface area contributed by atoms with Crippen LogP contribution in [0.3, 0.4) is 0 Å². The standard InChI is InChI=1S/C27H33N3O2/c31-27(28-18-23-9-6-15-29-14-5-4-10-25(23)29)19-30-16-13-22-11-12-24(17-26(22)30)32-20-21-7-2-1-3-8-21/h1-3,7-8,11-13,16-17,23,25H,4-6,9-10,14-15,18-20H2,(H,28,31)/t23-,25+/m0/s1. The molecule has 0 unspecified atom stereocenters. The van der Waals surface area contributed by atoms with Gasteiger partial charge < -0.3 is 19.5 Å². The van der Waals surface area contributed by atoms with Crippen molar-refractivity contribution in [3.8, 4) is 5.75 Å². The molecule has 2 atom stereocenters. The zero-order valence-electron chi connectivity index (χ0n) is 18.7. The van der Waals surface area contributed by atoms with Crippen molar-refractivity contribution < 1.29 is 9.53 Å². The van der Waals surface area contributed by atoms with Crippen LogP contribution < -0.4 is 10.1 Å². The number of piperidine rings is 2. The van der Waals surface area contributed by atoms with Gasteiger partial charge in [0.15, 0.2) is 0 Å². The number of carbonyl (C=O) groups excluding carboxylic acids is 1. The molecule has 2 aromatic carbocycles. The van der Waals surface area contributed by atoms with E-state index in [9.17, 15) is 4.79 Å². The molecule has 0 radical (unpaired) electrons. The first-order valence-electron chi connectivity index (χ1n) is 12.0. The smallest absolute Gasteiger partial charge is 0.239 e. The van der Waals surface area contributed by atoms with E-state index in [1.54, 1.807) is 0 Å². The van der Waals surface area contributed by atoms with Crippen molar-refractivity contribution in [1.29, 1.82) is 0 Å². The Hall–Kier alpha value is -2.79. The van der Waals surface area contributed by atoms with Gasteiger partial charge >= 0.3 is 0 Å². The summed E-state index contributed by atoms with van der Waals surface area (Å²) in [5, 5.41) is 4.35. The molecule has 168 valence electrons. The molecule has 2 fully saturated rings. The Kier molecular flexibility index (Phi) is 6.44. The topological polar surface area (TPSA) is 46.5 Å². The van der Waals surface area contributed by atoms with E-state index < -0.39 is 0 Å². The molecule has 0 spiro atoms. The Balaban J connectivity index is 1.19. The van der Waals surface area contributed by atoms with Gasteiger partial charge in [-0.05, 0) is 73.8 Å². The van der Waals surface area contributed by atoms with E-state index in [2.05, 4.69) is 34.5 Å². The van der Waals surface area contributed by atoms with E-state index in [1.165, 1.54) is 45.2 Å². The molecule has 0 bridgehead atoms. The van der Waals surface area contributed by atoms with Gasteiger partial charge in [0, 0.05) is 24.8 Å². The Labute approximate surface area is 190 Å². The molecule has 1 N–H and O–H groups in total. The molecule has 1 amide bonds. The zero-order chi connectivity index (χ0) is 21.8. The quantitative estimate of drug-likeness (QED) is 0.595. The Morgan fingerprint density at radius 3 is 2.78 bits per heavy atom. The summed E-state index contributed by atoms with van der Waals surface area (Å²) < 4.78 is 8.01. The van der Waals surface area contributed by atoms with Crippen LogP contribution in [0.1, 0.15) is 37.7 Å². The third-order valence-corrected chi connectivity index (χ3v) is 7.10. The summed E-state index contributed by atoms with van der Waals surface area (Å²) in [6, 6.07) is 19.0. The van der Waals surface area contributed by atoms with Crippen molar-refractivity contribution in [2.75, 3.05) is 19.6 Å². The number of nitrogens with zero attached hydrogens (tertiary/aromatic N) is 2. The van der Waals surface area contributed by atoms with E-state index >= 15 is 0 Å². The van der Waals surface area contributed by atoms with Gasteiger partial charge in [0.1, 0.15) is 18.9 Å². The highest BCUT2D eigenvalue weighted by atomic mass is 16.5. The third-order valence-electron chi connectivity index (χ3n) is 7.10. The molecule has 2 aliphatic rings. The van der Waals surface area contributed by atoms with E-state index in [1.807, 2.05) is 41.1 Å². The van der Waals surface area contributed by atoms with Gasteiger partial charge in [-0.25, -0.2) is 0 Å². The first-order chi connectivity index (χ1) is 15.8.